The monoisotopic (exact) mass is 1410 g/mol. The molecule has 4 heterocycles. The van der Waals surface area contributed by atoms with E-state index in [0.29, 0.717) is 24.7 Å². The zero-order valence-corrected chi connectivity index (χ0v) is 57.4. The number of aliphatic hydroxyl groups excluding tert-OH is 6. The Kier molecular flexibility index (Phi) is 26.0. The molecule has 0 bridgehead atoms. The Bertz CT molecular complexity index is 3360. The SMILES string of the molecule is CNCCNC(=O)C[C@@H](O)[C@@H]1NC(=O)[C@H]([C@H](O)Cc2ccc(O)c(OS(=O)(=O)O)c2)NC(=O)[C@@H]2C[C@@H](O)CN2C(=O)[C@H]([C@@H](C)O)NC(=O)[C@@H](NCC2CCC(c3nnc(-c4ccc(C5CCC(OC)(C6CCCCC6)CC5)cc4)s3)CC2)C[C@@H](O)CNC(=O)[C@@H]2[C@@H](O)[C@@H](C)CN2C1=O. The third-order valence-corrected chi connectivity index (χ3v) is 22.2. The summed E-state index contributed by atoms with van der Waals surface area (Å²) in [5.74, 6) is -8.88. The number of amides is 7. The number of nitrogens with zero attached hydrogens (tertiary/aromatic N) is 4. The van der Waals surface area contributed by atoms with Crippen molar-refractivity contribution < 1.29 is 91.2 Å². The Morgan fingerprint density at radius 1 is 0.765 bits per heavy atom. The summed E-state index contributed by atoms with van der Waals surface area (Å²) in [5.41, 5.74) is 2.21. The number of ether oxygens (including phenoxy) is 1. The third-order valence-electron chi connectivity index (χ3n) is 20.7. The minimum Gasteiger partial charge on any atom is -0.504 e. The van der Waals surface area contributed by atoms with Crippen molar-refractivity contribution in [3.05, 3.63) is 58.6 Å². The van der Waals surface area contributed by atoms with E-state index in [9.17, 15) is 82.3 Å². The van der Waals surface area contributed by atoms with Crippen LogP contribution in [0.5, 0.6) is 11.5 Å². The molecule has 30 nitrogen and oxygen atoms in total. The van der Waals surface area contributed by atoms with Crippen LogP contribution in [0.1, 0.15) is 145 Å². The van der Waals surface area contributed by atoms with Gasteiger partial charge in [0.15, 0.2) is 11.5 Å². The Morgan fingerprint density at radius 3 is 2.10 bits per heavy atom. The number of aromatic nitrogens is 2. The highest BCUT2D eigenvalue weighted by Gasteiger charge is 2.51. The summed E-state index contributed by atoms with van der Waals surface area (Å²) in [5, 5.41) is 109. The van der Waals surface area contributed by atoms with Crippen LogP contribution in [0.4, 0.5) is 0 Å². The van der Waals surface area contributed by atoms with Gasteiger partial charge in [-0.15, -0.1) is 10.2 Å². The Morgan fingerprint density at radius 2 is 1.44 bits per heavy atom. The predicted octanol–water partition coefficient (Wildman–Crippen LogP) is -0.477. The lowest BCUT2D eigenvalue weighted by molar-refractivity contribution is -0.147. The average molecular weight is 1410 g/mol. The molecule has 3 saturated heterocycles. The molecule has 3 aliphatic carbocycles. The van der Waals surface area contributed by atoms with Gasteiger partial charge in [0.25, 0.3) is 0 Å². The molecule has 3 aromatic rings. The number of aliphatic hydroxyl groups is 6. The number of aromatic hydroxyl groups is 1. The van der Waals surface area contributed by atoms with Crippen LogP contribution in [-0.2, 0) is 55.1 Å². The molecular weight excluding hydrogens is 1310 g/mol. The van der Waals surface area contributed by atoms with Crippen molar-refractivity contribution in [1.29, 1.82) is 0 Å². The molecule has 32 heteroatoms. The molecule has 9 rings (SSSR count). The molecular formula is C66H97N11O19S2. The molecule has 3 aliphatic heterocycles. The van der Waals surface area contributed by atoms with Crippen molar-refractivity contribution in [3.63, 3.8) is 0 Å². The lowest BCUT2D eigenvalue weighted by Crippen LogP contribution is -2.64. The van der Waals surface area contributed by atoms with Gasteiger partial charge in [0.2, 0.25) is 41.4 Å². The number of phenolic OH excluding ortho intramolecular Hbond substituents is 1. The van der Waals surface area contributed by atoms with Gasteiger partial charge in [-0.25, -0.2) is 0 Å². The molecule has 3 saturated carbocycles. The van der Waals surface area contributed by atoms with Gasteiger partial charge in [-0.05, 0) is 132 Å². The molecule has 13 atom stereocenters. The van der Waals surface area contributed by atoms with Gasteiger partial charge in [-0.3, -0.25) is 38.1 Å². The Balaban J connectivity index is 0.931. The number of carbonyl (C=O) groups excluding carboxylic acids is 7. The van der Waals surface area contributed by atoms with Crippen molar-refractivity contribution in [2.45, 2.75) is 213 Å². The van der Waals surface area contributed by atoms with Crippen LogP contribution in [0.3, 0.4) is 0 Å². The molecule has 7 amide bonds. The molecule has 542 valence electrons. The summed E-state index contributed by atoms with van der Waals surface area (Å²) in [6, 6.07) is 0.603. The molecule has 1 aromatic heterocycles. The van der Waals surface area contributed by atoms with E-state index in [4.69, 9.17) is 4.74 Å². The van der Waals surface area contributed by atoms with Crippen LogP contribution in [0, 0.1) is 17.8 Å². The van der Waals surface area contributed by atoms with Crippen molar-refractivity contribution in [2.24, 2.45) is 17.8 Å². The normalized spacial score (nSPS) is 30.9. The van der Waals surface area contributed by atoms with Crippen LogP contribution >= 0.6 is 11.3 Å². The van der Waals surface area contributed by atoms with Crippen LogP contribution in [-0.4, -0.2) is 242 Å². The minimum absolute atomic E-state index is 0.00264. The van der Waals surface area contributed by atoms with Crippen LogP contribution in [0.2, 0.25) is 0 Å². The first kappa shape index (κ1) is 75.6. The highest BCUT2D eigenvalue weighted by Crippen LogP contribution is 2.48. The van der Waals surface area contributed by atoms with Crippen LogP contribution < -0.4 is 41.4 Å². The number of β-amino-alcohol motifs (C(OH)–C–C–N with tert-alkyl or cyclic N) is 1. The lowest BCUT2D eigenvalue weighted by atomic mass is 9.66. The smallest absolute Gasteiger partial charge is 0.446 e. The number of nitrogens with one attached hydrogen (secondary N) is 7. The lowest BCUT2D eigenvalue weighted by Gasteiger charge is -2.46. The molecule has 0 unspecified atom stereocenters. The summed E-state index contributed by atoms with van der Waals surface area (Å²) in [7, 11) is -1.72. The van der Waals surface area contributed by atoms with Gasteiger partial charge in [0.05, 0.1) is 54.7 Å². The maximum Gasteiger partial charge on any atom is 0.446 e. The van der Waals surface area contributed by atoms with E-state index < -0.39 is 181 Å². The first-order valence-corrected chi connectivity index (χ1v) is 36.3. The number of fused-ring (bicyclic) bond motifs is 2. The first-order valence-electron chi connectivity index (χ1n) is 34.2. The molecule has 6 aliphatic rings. The van der Waals surface area contributed by atoms with Crippen LogP contribution in [0.25, 0.3) is 10.6 Å². The van der Waals surface area contributed by atoms with Crippen molar-refractivity contribution >= 4 is 63.1 Å². The van der Waals surface area contributed by atoms with E-state index in [1.807, 2.05) is 7.11 Å². The Hall–Kier alpha value is -6.56. The second-order valence-corrected chi connectivity index (χ2v) is 29.6. The highest BCUT2D eigenvalue weighted by atomic mass is 32.3. The number of phenols is 1. The van der Waals surface area contributed by atoms with Gasteiger partial charge in [-0.2, -0.15) is 8.42 Å². The molecule has 2 aromatic carbocycles. The third kappa shape index (κ3) is 18.9. The van der Waals surface area contributed by atoms with E-state index in [1.165, 1.54) is 51.5 Å². The highest BCUT2D eigenvalue weighted by molar-refractivity contribution is 7.81. The largest absolute Gasteiger partial charge is 0.504 e. The summed E-state index contributed by atoms with van der Waals surface area (Å²) in [6.45, 7) is 1.79. The van der Waals surface area contributed by atoms with E-state index in [0.717, 1.165) is 82.1 Å². The second-order valence-electron chi connectivity index (χ2n) is 27.6. The van der Waals surface area contributed by atoms with Crippen molar-refractivity contribution in [1.82, 2.24) is 57.2 Å². The van der Waals surface area contributed by atoms with Gasteiger partial charge < -0.3 is 91.7 Å². The van der Waals surface area contributed by atoms with E-state index in [1.54, 1.807) is 18.4 Å². The molecule has 98 heavy (non-hydrogen) atoms. The summed E-state index contributed by atoms with van der Waals surface area (Å²) >= 11 is 1.57. The Labute approximate surface area is 574 Å². The molecule has 6 fully saturated rings. The predicted molar refractivity (Wildman–Crippen MR) is 355 cm³/mol. The number of benzene rings is 2. The number of carbonyl (C=O) groups is 7. The minimum atomic E-state index is -5.23. The fourth-order valence-electron chi connectivity index (χ4n) is 15.1. The van der Waals surface area contributed by atoms with Gasteiger partial charge in [0.1, 0.15) is 40.2 Å². The van der Waals surface area contributed by atoms with Gasteiger partial charge in [-0.1, -0.05) is 67.9 Å². The van der Waals surface area contributed by atoms with Crippen molar-refractivity contribution in [2.75, 3.05) is 53.4 Å². The van der Waals surface area contributed by atoms with Crippen LogP contribution in [0.15, 0.2) is 42.5 Å². The summed E-state index contributed by atoms with van der Waals surface area (Å²) in [4.78, 5) is 103. The topological polar surface area (TPSA) is 450 Å². The fraction of sp³-hybridized carbons (Fsp3) is 0.682. The number of likely N-dealkylation sites (N-methyl/N-ethyl adjacent to an activating group) is 1. The molecule has 0 radical (unpaired) electrons. The quantitative estimate of drug-likeness (QED) is 0.0502. The maximum absolute atomic E-state index is 15.0. The second kappa shape index (κ2) is 33.7. The zero-order valence-electron chi connectivity index (χ0n) is 55.8. The van der Waals surface area contributed by atoms with Crippen molar-refractivity contribution in [3.8, 4) is 22.1 Å². The van der Waals surface area contributed by atoms with Gasteiger partial charge in [0, 0.05) is 70.1 Å². The zero-order chi connectivity index (χ0) is 70.8. The van der Waals surface area contributed by atoms with E-state index >= 15 is 0 Å². The number of rotatable bonds is 20. The molecule has 0 spiro atoms. The summed E-state index contributed by atoms with van der Waals surface area (Å²) < 4.78 is 43.4. The summed E-state index contributed by atoms with van der Waals surface area (Å²) in [6.07, 6.45) is 0.689. The van der Waals surface area contributed by atoms with Gasteiger partial charge >= 0.3 is 10.4 Å². The number of hydrogen-bond donors (Lipinski definition) is 15. The van der Waals surface area contributed by atoms with E-state index in [-0.39, 0.29) is 49.2 Å². The standard InChI is InChI=1S/C66H97N11O19S2/c1-35-33-77-56(57(35)85)61(89)70-32-44(79)28-46(69-31-37-10-13-41(14-11-37)62-74-75-63(97-62)42-17-15-39(16-18-42)40-20-22-66(95-4,23-21-40)43-8-6-5-7-9-43)58(86)71-53(36(2)78)64(90)76-34-45(80)29-47(76)59(87)72-54(49(82)26-38-12-19-48(81)51(27-38)96-98(92,93)94)60(88)73-55(65(77)91)50(83)30-52(84)68-25-24-67-3/h12,15-19,27,35-37,40-41,43-47,49-50,53-57,67,69,78-83,85H,5-11,13-14,20-26,28-34H2,1-4H3,(H,68,84)(H,70,89)(H,71,86)(H,72,87)(H,73,88)(H,92,93,94)/t35-,36+,37?,40?,41?,44+,45+,46-,47-,49+,50+,53-,54-,55-,56-,57-,66?/m0/s1. The molecule has 15 N–H and O–H groups in total. The number of hydrogen-bond acceptors (Lipinski definition) is 23. The average Bonchev–Trinajstić information content (AvgIpc) is 1.26. The fourth-order valence-corrected chi connectivity index (χ4v) is 16.5. The number of methoxy groups -OCH3 is 1. The maximum atomic E-state index is 15.0. The first-order chi connectivity index (χ1) is 46.7. The van der Waals surface area contributed by atoms with E-state index in [2.05, 4.69) is 75.9 Å².